The number of benzene rings is 2. The zero-order chi connectivity index (χ0) is 18.1. The van der Waals surface area contributed by atoms with Crippen molar-refractivity contribution in [3.05, 3.63) is 82.0 Å². The Morgan fingerprint density at radius 1 is 1.20 bits per heavy atom. The van der Waals surface area contributed by atoms with Crippen molar-refractivity contribution in [3.63, 3.8) is 0 Å². The monoisotopic (exact) mass is 353 g/mol. The van der Waals surface area contributed by atoms with Crippen LogP contribution >= 0.6 is 11.6 Å². The first-order valence-corrected chi connectivity index (χ1v) is 8.38. The molecule has 0 unspecified atom stereocenters. The Hall–Kier alpha value is -2.77. The summed E-state index contributed by atoms with van der Waals surface area (Å²) in [6, 6.07) is 17.3. The maximum absolute atomic E-state index is 12.1. The van der Waals surface area contributed by atoms with Crippen LogP contribution in [0, 0.1) is 18.3 Å². The first-order valence-electron chi connectivity index (χ1n) is 8.01. The van der Waals surface area contributed by atoms with Gasteiger partial charge in [0.05, 0.1) is 0 Å². The van der Waals surface area contributed by atoms with E-state index in [1.54, 1.807) is 12.1 Å². The number of nitrogens with one attached hydrogen (secondary N) is 2. The molecule has 0 aliphatic heterocycles. The highest BCUT2D eigenvalue weighted by atomic mass is 35.5. The van der Waals surface area contributed by atoms with Crippen LogP contribution in [0.25, 0.3) is 0 Å². The van der Waals surface area contributed by atoms with E-state index in [9.17, 15) is 4.79 Å². The lowest BCUT2D eigenvalue weighted by molar-refractivity contribution is -0.117. The molecule has 2 aromatic carbocycles. The number of aryl methyl sites for hydroxylation is 1. The van der Waals surface area contributed by atoms with Gasteiger partial charge >= 0.3 is 0 Å². The number of carbonyl (C=O) groups is 1. The van der Waals surface area contributed by atoms with Crippen molar-refractivity contribution < 1.29 is 4.79 Å². The van der Waals surface area contributed by atoms with E-state index in [1.165, 1.54) is 17.3 Å². The molecule has 0 heterocycles. The molecule has 0 spiro atoms. The minimum Gasteiger partial charge on any atom is -0.389 e. The fraction of sp³-hybridized carbons (Fsp3) is 0.200. The van der Waals surface area contributed by atoms with Gasteiger partial charge in [-0.15, -0.1) is 0 Å². The third-order valence-electron chi connectivity index (χ3n) is 3.78. The van der Waals surface area contributed by atoms with E-state index in [2.05, 4.69) is 29.7 Å². The molecule has 0 atom stereocenters. The fourth-order valence-corrected chi connectivity index (χ4v) is 2.43. The number of hydrogen-bond donors (Lipinski definition) is 2. The maximum atomic E-state index is 12.1. The predicted octanol–water partition coefficient (Wildman–Crippen LogP) is 3.50. The van der Waals surface area contributed by atoms with Crippen LogP contribution < -0.4 is 10.6 Å². The molecule has 4 nitrogen and oxygen atoms in total. The minimum absolute atomic E-state index is 0.0544. The van der Waals surface area contributed by atoms with Crippen molar-refractivity contribution in [1.82, 2.24) is 10.6 Å². The van der Waals surface area contributed by atoms with Crippen molar-refractivity contribution in [1.29, 1.82) is 5.26 Å². The molecule has 0 radical (unpaired) electrons. The van der Waals surface area contributed by atoms with Crippen LogP contribution in [0.3, 0.4) is 0 Å². The molecule has 0 fully saturated rings. The molecule has 0 aromatic heterocycles. The van der Waals surface area contributed by atoms with Crippen LogP contribution in [0.5, 0.6) is 0 Å². The van der Waals surface area contributed by atoms with Crippen molar-refractivity contribution in [3.8, 4) is 6.07 Å². The molecule has 0 aliphatic rings. The Bertz CT molecular complexity index is 791. The smallest absolute Gasteiger partial charge is 0.263 e. The average molecular weight is 354 g/mol. The van der Waals surface area contributed by atoms with E-state index in [0.717, 1.165) is 12.0 Å². The second-order valence-electron chi connectivity index (χ2n) is 5.61. The fourth-order valence-electron chi connectivity index (χ4n) is 2.30. The highest BCUT2D eigenvalue weighted by Crippen LogP contribution is 2.09. The molecule has 0 saturated heterocycles. The summed E-state index contributed by atoms with van der Waals surface area (Å²) in [6.45, 7) is 3.06. The van der Waals surface area contributed by atoms with E-state index < -0.39 is 5.91 Å². The Morgan fingerprint density at radius 2 is 1.92 bits per heavy atom. The lowest BCUT2D eigenvalue weighted by Crippen LogP contribution is -2.25. The van der Waals surface area contributed by atoms with Gasteiger partial charge in [-0.1, -0.05) is 48.0 Å². The number of amides is 1. The summed E-state index contributed by atoms with van der Waals surface area (Å²) in [4.78, 5) is 12.1. The second-order valence-corrected chi connectivity index (χ2v) is 6.05. The van der Waals surface area contributed by atoms with E-state index in [1.807, 2.05) is 30.3 Å². The van der Waals surface area contributed by atoms with Crippen LogP contribution in [-0.4, -0.2) is 12.5 Å². The number of carbonyl (C=O) groups excluding carboxylic acids is 1. The summed E-state index contributed by atoms with van der Waals surface area (Å²) < 4.78 is 0. The van der Waals surface area contributed by atoms with Crippen molar-refractivity contribution >= 4 is 17.5 Å². The third kappa shape index (κ3) is 5.98. The highest BCUT2D eigenvalue weighted by Gasteiger charge is 2.08. The SMILES string of the molecule is Cc1ccccc1CCN/C=C(/C#N)C(=O)NCc1ccc(Cl)cc1. The largest absolute Gasteiger partial charge is 0.389 e. The molecule has 0 saturated carbocycles. The van der Waals surface area contributed by atoms with Crippen molar-refractivity contribution in [2.45, 2.75) is 19.9 Å². The average Bonchev–Trinajstić information content (AvgIpc) is 2.62. The van der Waals surface area contributed by atoms with Crippen LogP contribution in [-0.2, 0) is 17.8 Å². The second kappa shape index (κ2) is 9.51. The highest BCUT2D eigenvalue weighted by molar-refractivity contribution is 6.30. The molecule has 2 aromatic rings. The van der Waals surface area contributed by atoms with Crippen LogP contribution in [0.1, 0.15) is 16.7 Å². The van der Waals surface area contributed by atoms with E-state index >= 15 is 0 Å². The summed E-state index contributed by atoms with van der Waals surface area (Å²) in [7, 11) is 0. The Labute approximate surface area is 153 Å². The normalized spacial score (nSPS) is 10.8. The third-order valence-corrected chi connectivity index (χ3v) is 4.03. The Balaban J connectivity index is 1.82. The van der Waals surface area contributed by atoms with E-state index in [4.69, 9.17) is 16.9 Å². The molecule has 0 aliphatic carbocycles. The van der Waals surface area contributed by atoms with Gasteiger partial charge in [-0.25, -0.2) is 0 Å². The summed E-state index contributed by atoms with van der Waals surface area (Å²) in [5.74, 6) is -0.402. The van der Waals surface area contributed by atoms with E-state index in [0.29, 0.717) is 18.1 Å². The molecular formula is C20H20ClN3O. The molecule has 5 heteroatoms. The first-order chi connectivity index (χ1) is 12.1. The molecule has 1 amide bonds. The molecule has 2 rings (SSSR count). The number of nitriles is 1. The molecule has 0 bridgehead atoms. The van der Waals surface area contributed by atoms with Crippen LogP contribution in [0.15, 0.2) is 60.3 Å². The van der Waals surface area contributed by atoms with Gasteiger partial charge in [-0.3, -0.25) is 4.79 Å². The number of nitrogens with zero attached hydrogens (tertiary/aromatic N) is 1. The van der Waals surface area contributed by atoms with Gasteiger partial charge in [0.25, 0.3) is 5.91 Å². The zero-order valence-electron chi connectivity index (χ0n) is 14.1. The topological polar surface area (TPSA) is 64.9 Å². The van der Waals surface area contributed by atoms with E-state index in [-0.39, 0.29) is 5.57 Å². The van der Waals surface area contributed by atoms with Crippen LogP contribution in [0.2, 0.25) is 5.02 Å². The zero-order valence-corrected chi connectivity index (χ0v) is 14.8. The van der Waals surface area contributed by atoms with Gasteiger partial charge in [0.2, 0.25) is 0 Å². The van der Waals surface area contributed by atoms with Gasteiger partial charge in [-0.05, 0) is 42.2 Å². The Morgan fingerprint density at radius 3 is 2.60 bits per heavy atom. The number of hydrogen-bond acceptors (Lipinski definition) is 3. The summed E-state index contributed by atoms with van der Waals surface area (Å²) >= 11 is 5.82. The summed E-state index contributed by atoms with van der Waals surface area (Å²) in [5.41, 5.74) is 3.45. The van der Waals surface area contributed by atoms with Crippen molar-refractivity contribution in [2.24, 2.45) is 0 Å². The minimum atomic E-state index is -0.402. The predicted molar refractivity (Wildman–Crippen MR) is 99.9 cm³/mol. The summed E-state index contributed by atoms with van der Waals surface area (Å²) in [5, 5.41) is 15.6. The quantitative estimate of drug-likeness (QED) is 0.455. The standard InChI is InChI=1S/C20H20ClN3O/c1-15-4-2-3-5-17(15)10-11-23-14-18(12-22)20(25)24-13-16-6-8-19(21)9-7-16/h2-9,14,23H,10-11,13H2,1H3,(H,24,25)/b18-14-. The molecule has 25 heavy (non-hydrogen) atoms. The van der Waals surface area contributed by atoms with Crippen LogP contribution in [0.4, 0.5) is 0 Å². The molecular weight excluding hydrogens is 334 g/mol. The lowest BCUT2D eigenvalue weighted by Gasteiger charge is -2.07. The van der Waals surface area contributed by atoms with Gasteiger partial charge in [0.15, 0.2) is 0 Å². The van der Waals surface area contributed by atoms with Gasteiger partial charge < -0.3 is 10.6 Å². The molecule has 128 valence electrons. The Kier molecular flexibility index (Phi) is 7.06. The van der Waals surface area contributed by atoms with Gasteiger partial charge in [0, 0.05) is 24.3 Å². The number of rotatable bonds is 7. The summed E-state index contributed by atoms with van der Waals surface area (Å²) in [6.07, 6.45) is 2.30. The van der Waals surface area contributed by atoms with Crippen molar-refractivity contribution in [2.75, 3.05) is 6.54 Å². The lowest BCUT2D eigenvalue weighted by atomic mass is 10.1. The molecule has 2 N–H and O–H groups in total. The van der Waals surface area contributed by atoms with Gasteiger partial charge in [-0.2, -0.15) is 5.26 Å². The first kappa shape index (κ1) is 18.6. The number of halogens is 1. The van der Waals surface area contributed by atoms with Gasteiger partial charge in [0.1, 0.15) is 11.6 Å². The maximum Gasteiger partial charge on any atom is 0.263 e.